The minimum Gasteiger partial charge on any atom is -0.290 e. The van der Waals surface area contributed by atoms with Gasteiger partial charge in [-0.15, -0.1) is 0 Å². The van der Waals surface area contributed by atoms with Gasteiger partial charge in [-0.2, -0.15) is 0 Å². The van der Waals surface area contributed by atoms with Gasteiger partial charge in [0.05, 0.1) is 5.92 Å². The van der Waals surface area contributed by atoms with Crippen LogP contribution in [0.15, 0.2) is 12.1 Å². The molecule has 0 N–H and O–H groups in total. The van der Waals surface area contributed by atoms with E-state index in [9.17, 15) is 4.79 Å². The molecule has 1 atom stereocenters. The zero-order chi connectivity index (χ0) is 12.5. The summed E-state index contributed by atoms with van der Waals surface area (Å²) in [6.45, 7) is 0. The molecule has 1 unspecified atom stereocenters. The topological polar surface area (TPSA) is 17.1 Å². The third-order valence-corrected chi connectivity index (χ3v) is 4.85. The highest BCUT2D eigenvalue weighted by Crippen LogP contribution is 2.41. The molecule has 0 spiro atoms. The van der Waals surface area contributed by atoms with Crippen LogP contribution < -0.4 is 0 Å². The van der Waals surface area contributed by atoms with E-state index in [2.05, 4.69) is 12.4 Å². The first-order chi connectivity index (χ1) is 8.79. The third kappa shape index (κ3) is 2.09. The predicted molar refractivity (Wildman–Crippen MR) is 74.0 cm³/mol. The van der Waals surface area contributed by atoms with Crippen LogP contribution in [-0.2, 0) is 11.2 Å². The van der Waals surface area contributed by atoms with Crippen LogP contribution in [-0.4, -0.2) is 6.29 Å². The van der Waals surface area contributed by atoms with Crippen LogP contribution in [0, 0.1) is 0 Å². The minimum absolute atomic E-state index is 0.0436. The largest absolute Gasteiger partial charge is 0.290 e. The fourth-order valence-corrected chi connectivity index (χ4v) is 3.82. The van der Waals surface area contributed by atoms with Crippen LogP contribution in [0.3, 0.4) is 0 Å². The van der Waals surface area contributed by atoms with Gasteiger partial charge >= 0.3 is 0 Å². The Bertz CT molecular complexity index is 460. The summed E-state index contributed by atoms with van der Waals surface area (Å²) in [6, 6.07) is 4.30. The molecule has 0 heterocycles. The molecule has 0 aromatic heterocycles. The predicted octanol–water partition coefficient (Wildman–Crippen LogP) is 4.53. The first-order valence-electron chi connectivity index (χ1n) is 6.99. The number of benzene rings is 1. The molecule has 1 radical (unpaired) electrons. The van der Waals surface area contributed by atoms with Crippen LogP contribution in [0.4, 0.5) is 0 Å². The van der Waals surface area contributed by atoms with Crippen molar-refractivity contribution < 1.29 is 4.79 Å². The second-order valence-electron chi connectivity index (χ2n) is 5.62. The van der Waals surface area contributed by atoms with Crippen molar-refractivity contribution in [1.29, 1.82) is 0 Å². The van der Waals surface area contributed by atoms with Crippen molar-refractivity contribution in [2.24, 2.45) is 0 Å². The summed E-state index contributed by atoms with van der Waals surface area (Å²) in [7, 11) is 0. The maximum Gasteiger partial charge on any atom is 0.206 e. The van der Waals surface area contributed by atoms with Crippen molar-refractivity contribution in [3.63, 3.8) is 0 Å². The van der Waals surface area contributed by atoms with E-state index in [4.69, 9.17) is 11.6 Å². The molecular weight excluding hydrogens is 244 g/mol. The highest BCUT2D eigenvalue weighted by molar-refractivity contribution is 6.31. The molecule has 18 heavy (non-hydrogen) atoms. The minimum atomic E-state index is -0.0436. The molecule has 1 fully saturated rings. The molecule has 2 aliphatic rings. The van der Waals surface area contributed by atoms with E-state index in [-0.39, 0.29) is 5.92 Å². The van der Waals surface area contributed by atoms with Gasteiger partial charge in [-0.1, -0.05) is 36.9 Å². The molecule has 3 rings (SSSR count). The molecule has 2 aliphatic carbocycles. The van der Waals surface area contributed by atoms with Crippen molar-refractivity contribution in [3.05, 3.63) is 33.8 Å². The SMILES string of the molecule is O=[C]C1CCc2cc(C3CCCCC3)c(Cl)cc21. The number of halogens is 1. The van der Waals surface area contributed by atoms with Crippen LogP contribution in [0.5, 0.6) is 0 Å². The Morgan fingerprint density at radius 2 is 1.83 bits per heavy atom. The van der Waals surface area contributed by atoms with Gasteiger partial charge < -0.3 is 0 Å². The van der Waals surface area contributed by atoms with Crippen molar-refractivity contribution >= 4 is 17.9 Å². The van der Waals surface area contributed by atoms with Gasteiger partial charge in [0.1, 0.15) is 0 Å². The van der Waals surface area contributed by atoms with Gasteiger partial charge in [-0.25, -0.2) is 0 Å². The number of carbonyl (C=O) groups excluding carboxylic acids is 1. The molecule has 1 aromatic carbocycles. The lowest BCUT2D eigenvalue weighted by Crippen LogP contribution is -2.06. The lowest BCUT2D eigenvalue weighted by atomic mass is 9.83. The summed E-state index contributed by atoms with van der Waals surface area (Å²) < 4.78 is 0. The Balaban J connectivity index is 1.95. The molecule has 1 saturated carbocycles. The fraction of sp³-hybridized carbons (Fsp3) is 0.562. The maximum atomic E-state index is 10.9. The Morgan fingerprint density at radius 1 is 1.06 bits per heavy atom. The first-order valence-corrected chi connectivity index (χ1v) is 7.37. The van der Waals surface area contributed by atoms with E-state index < -0.39 is 0 Å². The number of hydrogen-bond acceptors (Lipinski definition) is 1. The summed E-state index contributed by atoms with van der Waals surface area (Å²) in [5.74, 6) is 0.591. The summed E-state index contributed by atoms with van der Waals surface area (Å²) >= 11 is 6.43. The molecule has 1 aromatic rings. The van der Waals surface area contributed by atoms with Crippen molar-refractivity contribution in [2.75, 3.05) is 0 Å². The number of rotatable bonds is 2. The first kappa shape index (κ1) is 12.2. The molecule has 2 heteroatoms. The van der Waals surface area contributed by atoms with Gasteiger partial charge in [0.15, 0.2) is 0 Å². The average molecular weight is 262 g/mol. The Labute approximate surface area is 114 Å². The van der Waals surface area contributed by atoms with Gasteiger partial charge in [0.2, 0.25) is 6.29 Å². The molecule has 0 amide bonds. The highest BCUT2D eigenvalue weighted by Gasteiger charge is 2.26. The van der Waals surface area contributed by atoms with Crippen LogP contribution in [0.2, 0.25) is 5.02 Å². The fourth-order valence-electron chi connectivity index (χ4n) is 3.50. The molecule has 1 nitrogen and oxygen atoms in total. The van der Waals surface area contributed by atoms with Crippen molar-refractivity contribution in [1.82, 2.24) is 0 Å². The quantitative estimate of drug-likeness (QED) is 0.765. The summed E-state index contributed by atoms with van der Waals surface area (Å²) in [4.78, 5) is 10.9. The number of aryl methyl sites for hydroxylation is 1. The molecule has 0 bridgehead atoms. The van der Waals surface area contributed by atoms with Crippen LogP contribution in [0.25, 0.3) is 0 Å². The van der Waals surface area contributed by atoms with Gasteiger partial charge in [0.25, 0.3) is 0 Å². The molecular formula is C16H18ClO. The summed E-state index contributed by atoms with van der Waals surface area (Å²) in [5, 5.41) is 0.864. The lowest BCUT2D eigenvalue weighted by Gasteiger charge is -2.23. The van der Waals surface area contributed by atoms with E-state index in [0.717, 1.165) is 23.4 Å². The Kier molecular flexibility index (Phi) is 3.43. The second-order valence-corrected chi connectivity index (χ2v) is 6.02. The van der Waals surface area contributed by atoms with Gasteiger partial charge in [0, 0.05) is 5.02 Å². The highest BCUT2D eigenvalue weighted by atomic mass is 35.5. The Morgan fingerprint density at radius 3 is 2.56 bits per heavy atom. The van der Waals surface area contributed by atoms with E-state index in [1.54, 1.807) is 0 Å². The smallest absolute Gasteiger partial charge is 0.206 e. The molecule has 95 valence electrons. The van der Waals surface area contributed by atoms with Crippen molar-refractivity contribution in [3.8, 4) is 0 Å². The Hall–Kier alpha value is -0.820. The molecule has 0 aliphatic heterocycles. The summed E-state index contributed by atoms with van der Waals surface area (Å²) in [5.41, 5.74) is 3.77. The average Bonchev–Trinajstić information content (AvgIpc) is 2.80. The maximum absolute atomic E-state index is 10.9. The van der Waals surface area contributed by atoms with Crippen LogP contribution >= 0.6 is 11.6 Å². The van der Waals surface area contributed by atoms with E-state index in [1.807, 2.05) is 6.07 Å². The van der Waals surface area contributed by atoms with E-state index in [1.165, 1.54) is 43.2 Å². The number of hydrogen-bond donors (Lipinski definition) is 0. The van der Waals surface area contributed by atoms with Gasteiger partial charge in [-0.05, 0) is 54.4 Å². The monoisotopic (exact) mass is 261 g/mol. The normalized spacial score (nSPS) is 23.9. The van der Waals surface area contributed by atoms with Gasteiger partial charge in [-0.3, -0.25) is 4.79 Å². The standard InChI is InChI=1S/C16H18ClO/c17-16-9-14-12(6-7-13(14)10-18)8-15(16)11-4-2-1-3-5-11/h8-9,11,13H,1-7H2. The van der Waals surface area contributed by atoms with Crippen LogP contribution in [0.1, 0.15) is 67.1 Å². The second kappa shape index (κ2) is 5.05. The lowest BCUT2D eigenvalue weighted by molar-refractivity contribution is 0.443. The summed E-state index contributed by atoms with van der Waals surface area (Å²) in [6.07, 6.45) is 10.6. The number of fused-ring (bicyclic) bond motifs is 1. The van der Waals surface area contributed by atoms with E-state index >= 15 is 0 Å². The molecule has 0 saturated heterocycles. The van der Waals surface area contributed by atoms with E-state index in [0.29, 0.717) is 5.92 Å². The zero-order valence-electron chi connectivity index (χ0n) is 10.5. The zero-order valence-corrected chi connectivity index (χ0v) is 11.3. The third-order valence-electron chi connectivity index (χ3n) is 4.52. The van der Waals surface area contributed by atoms with Crippen molar-refractivity contribution in [2.45, 2.75) is 56.8 Å².